The van der Waals surface area contributed by atoms with Gasteiger partial charge in [0, 0.05) is 98.6 Å². The number of rotatable bonds is 30. The van der Waals surface area contributed by atoms with Crippen LogP contribution in [-0.2, 0) is 108 Å². The van der Waals surface area contributed by atoms with E-state index in [-0.39, 0.29) is 176 Å². The normalized spacial score (nSPS) is 16.3. The number of esters is 2. The van der Waals surface area contributed by atoms with Crippen molar-refractivity contribution in [2.75, 3.05) is 52.5 Å². The molecule has 3 aliphatic heterocycles. The summed E-state index contributed by atoms with van der Waals surface area (Å²) >= 11 is 18.0. The minimum Gasteiger partial charge on any atom is -0.550 e. The van der Waals surface area contributed by atoms with Crippen molar-refractivity contribution < 1.29 is 124 Å². The molecule has 3 N–H and O–H groups in total. The number of aromatic amines is 2. The zero-order valence-electron chi connectivity index (χ0n) is 67.1. The van der Waals surface area contributed by atoms with Gasteiger partial charge >= 0.3 is 69.3 Å². The number of aliphatic carboxylic acids is 2. The molecule has 604 valence electrons. The SMILES string of the molecule is CCOC(=O)CC(=O)CCN(Cc1ccc(Cl)cc1)C(=O)C1(C)CCN1C(=O)Cc1cc(C)cc(C)c1.CCOC(=O)CC(=O)[O-].Cc1cc(C)cc(CC(=O)N2CCC2(C)C(=O)N(CCC(=O)O)Cc2ccc(Cl)cc2)c1.Cc1cc(C)cc(CC(=O)N2CCC2(C)C(=O)N(CCc2cc(=O)[nH][nH]2)Cc2ccc(Cl)cc2)c1.[K+]. The number of nitrogens with zero attached hydrogens (tertiary/aromatic N) is 6. The Labute approximate surface area is 723 Å². The number of aryl methyl sites for hydroxylation is 6. The Kier molecular flexibility index (Phi) is 36.1. The molecule has 0 spiro atoms. The number of carbonyl (C=O) groups is 11. The number of H-pyrrole nitrogens is 2. The van der Waals surface area contributed by atoms with Crippen LogP contribution < -0.4 is 62.1 Å². The number of Topliss-reactive ketones (excluding diaryl/α,β-unsaturated/α-hetero) is 1. The number of benzene rings is 6. The van der Waals surface area contributed by atoms with Crippen LogP contribution in [0.5, 0.6) is 0 Å². The average Bonchev–Trinajstić information content (AvgIpc) is 0.841. The van der Waals surface area contributed by atoms with Gasteiger partial charge in [0.2, 0.25) is 35.4 Å². The van der Waals surface area contributed by atoms with E-state index in [1.807, 2.05) is 121 Å². The first-order chi connectivity index (χ1) is 53.4. The number of ketones is 1. The summed E-state index contributed by atoms with van der Waals surface area (Å²) in [6.07, 6.45) is 1.80. The summed E-state index contributed by atoms with van der Waals surface area (Å²) in [5.41, 5.74) is 9.73. The molecule has 3 atom stereocenters. The van der Waals surface area contributed by atoms with Crippen molar-refractivity contribution in [3.63, 3.8) is 0 Å². The topological polar surface area (TPSA) is 318 Å². The van der Waals surface area contributed by atoms with Gasteiger partial charge < -0.3 is 59.0 Å². The number of amides is 6. The Morgan fingerprint density at radius 2 is 0.754 bits per heavy atom. The van der Waals surface area contributed by atoms with Crippen molar-refractivity contribution in [3.05, 3.63) is 231 Å². The molecule has 7 aromatic rings. The van der Waals surface area contributed by atoms with E-state index in [0.717, 1.165) is 72.5 Å². The molecule has 0 aliphatic carbocycles. The van der Waals surface area contributed by atoms with Crippen molar-refractivity contribution in [3.8, 4) is 0 Å². The number of hydrogen-bond acceptors (Lipinski definition) is 15. The van der Waals surface area contributed by atoms with Crippen LogP contribution in [0.25, 0.3) is 0 Å². The number of hydrogen-bond donors (Lipinski definition) is 3. The third-order valence-corrected chi connectivity index (χ3v) is 20.7. The number of aromatic nitrogens is 2. The molecular formula is C86H102Cl3KN8O16. The largest absolute Gasteiger partial charge is 1.00 e. The van der Waals surface area contributed by atoms with Crippen LogP contribution in [0.4, 0.5) is 0 Å². The summed E-state index contributed by atoms with van der Waals surface area (Å²) in [6, 6.07) is 41.3. The quantitative estimate of drug-likeness (QED) is 0.0219. The van der Waals surface area contributed by atoms with Crippen LogP contribution in [0.1, 0.15) is 152 Å². The second kappa shape index (κ2) is 43.8. The molecule has 28 heteroatoms. The van der Waals surface area contributed by atoms with E-state index in [9.17, 15) is 62.6 Å². The number of carbonyl (C=O) groups excluding carboxylic acids is 10. The molecule has 0 saturated carbocycles. The standard InChI is InChI=1S/C29H35ClN2O5.C27H31ClN4O3.C25H29ClN2O4.C5H8O4.K/c1-5-37-27(35)18-25(33)10-12-31(19-22-6-8-24(30)9-7-22)28(36)29(4)11-13-32(29)26(34)17-23-15-20(2)14-21(3)16-23;1-18-12-19(2)14-21(13-18)15-25(34)32-11-9-27(32,3)26(35)31(10-8-23-16-24(33)30-29-23)17-20-4-6-22(28)7-5-20;1-17-12-18(2)14-20(13-17)15-22(29)28-11-9-25(28,3)24(32)27(10-8-23(30)31)16-19-4-6-21(26)7-5-19;1-2-9-5(8)3-4(6)7;/h6-9,14-16H,5,10-13,17-19H2,1-4H3;4-7,12-14,16H,8-11,15,17H2,1-3H3,(H2,29,30,33);4-7,12-14H,8-11,15-16H2,1-3H3,(H,30,31);2-3H2,1H3,(H,6,7);/q;;;;+1/p-1. The van der Waals surface area contributed by atoms with Crippen molar-refractivity contribution in [2.45, 2.75) is 183 Å². The molecule has 114 heavy (non-hydrogen) atoms. The molecule has 6 aromatic carbocycles. The molecule has 0 bridgehead atoms. The first-order valence-electron chi connectivity index (χ1n) is 37.7. The molecule has 1 aromatic heterocycles. The summed E-state index contributed by atoms with van der Waals surface area (Å²) < 4.78 is 9.15. The van der Waals surface area contributed by atoms with Gasteiger partial charge in [0.1, 0.15) is 28.8 Å². The van der Waals surface area contributed by atoms with Crippen LogP contribution >= 0.6 is 34.8 Å². The Morgan fingerprint density at radius 1 is 0.447 bits per heavy atom. The van der Waals surface area contributed by atoms with Gasteiger partial charge in [0.15, 0.2) is 0 Å². The van der Waals surface area contributed by atoms with Crippen LogP contribution in [-0.4, -0.2) is 179 Å². The van der Waals surface area contributed by atoms with Crippen LogP contribution in [0.2, 0.25) is 15.1 Å². The molecule has 10 rings (SSSR count). The van der Waals surface area contributed by atoms with Crippen molar-refractivity contribution >= 4 is 99.9 Å². The Morgan fingerprint density at radius 3 is 1.03 bits per heavy atom. The van der Waals surface area contributed by atoms with E-state index in [0.29, 0.717) is 73.5 Å². The number of carboxylic acid groups (broad SMARTS) is 2. The molecule has 6 amide bonds. The maximum absolute atomic E-state index is 13.8. The van der Waals surface area contributed by atoms with Crippen molar-refractivity contribution in [1.82, 2.24) is 39.6 Å². The number of carboxylic acids is 2. The Hall–Kier alpha value is -8.79. The molecule has 3 fully saturated rings. The fourth-order valence-electron chi connectivity index (χ4n) is 14.1. The van der Waals surface area contributed by atoms with Crippen LogP contribution in [0, 0.1) is 41.5 Å². The molecule has 3 aliphatic rings. The number of likely N-dealkylation sites (tertiary alicyclic amines) is 3. The second-order valence-electron chi connectivity index (χ2n) is 29.6. The molecular weight excluding hydrogens is 1550 g/mol. The smallest absolute Gasteiger partial charge is 0.550 e. The van der Waals surface area contributed by atoms with Gasteiger partial charge in [-0.3, -0.25) is 57.8 Å². The van der Waals surface area contributed by atoms with Gasteiger partial charge in [-0.2, -0.15) is 0 Å². The molecule has 0 radical (unpaired) electrons. The predicted octanol–water partition coefficient (Wildman–Crippen LogP) is 7.90. The predicted molar refractivity (Wildman–Crippen MR) is 428 cm³/mol. The first kappa shape index (κ1) is 94.1. The molecule has 3 unspecified atom stereocenters. The van der Waals surface area contributed by atoms with Crippen molar-refractivity contribution in [1.29, 1.82) is 0 Å². The summed E-state index contributed by atoms with van der Waals surface area (Å²) in [7, 11) is 0. The van der Waals surface area contributed by atoms with Gasteiger partial charge in [-0.25, -0.2) is 0 Å². The third kappa shape index (κ3) is 27.7. The maximum atomic E-state index is 13.8. The fourth-order valence-corrected chi connectivity index (χ4v) is 14.5. The summed E-state index contributed by atoms with van der Waals surface area (Å²) in [6.45, 7) is 24.2. The number of halogens is 3. The number of nitrogens with one attached hydrogen (secondary N) is 2. The van der Waals surface area contributed by atoms with E-state index in [2.05, 4.69) is 33.1 Å². The summed E-state index contributed by atoms with van der Waals surface area (Å²) in [5.74, 6) is -4.78. The summed E-state index contributed by atoms with van der Waals surface area (Å²) in [5, 5.41) is 26.0. The van der Waals surface area contributed by atoms with E-state index >= 15 is 0 Å². The van der Waals surface area contributed by atoms with Gasteiger partial charge in [-0.05, 0) is 165 Å². The van der Waals surface area contributed by atoms with Gasteiger partial charge in [-0.1, -0.05) is 159 Å². The van der Waals surface area contributed by atoms with Crippen molar-refractivity contribution in [2.24, 2.45) is 0 Å². The van der Waals surface area contributed by atoms with Gasteiger partial charge in [-0.15, -0.1) is 0 Å². The Bertz CT molecular complexity index is 4570. The monoisotopic (exact) mass is 1650 g/mol. The van der Waals surface area contributed by atoms with E-state index < -0.39 is 46.9 Å². The van der Waals surface area contributed by atoms with Gasteiger partial charge in [0.05, 0.1) is 51.3 Å². The zero-order valence-corrected chi connectivity index (χ0v) is 72.5. The fraction of sp³-hybridized carbons (Fsp3) is 0.419. The second-order valence-corrected chi connectivity index (χ2v) is 30.9. The third-order valence-electron chi connectivity index (χ3n) is 20.0. The molecule has 3 saturated heterocycles. The molecule has 24 nitrogen and oxygen atoms in total. The first-order valence-corrected chi connectivity index (χ1v) is 38.8. The van der Waals surface area contributed by atoms with Gasteiger partial charge in [0.25, 0.3) is 5.56 Å². The van der Waals surface area contributed by atoms with Crippen LogP contribution in [0.3, 0.4) is 0 Å². The van der Waals surface area contributed by atoms with E-state index in [4.69, 9.17) is 44.6 Å². The zero-order chi connectivity index (χ0) is 83.1. The van der Waals surface area contributed by atoms with Crippen LogP contribution in [0.15, 0.2) is 138 Å². The minimum atomic E-state index is -1.41. The van der Waals surface area contributed by atoms with E-state index in [1.165, 1.54) is 11.0 Å². The Balaban J connectivity index is 0.000000251. The van der Waals surface area contributed by atoms with E-state index in [1.54, 1.807) is 88.6 Å². The summed E-state index contributed by atoms with van der Waals surface area (Å²) in [4.78, 5) is 157. The molecule has 4 heterocycles. The average molecular weight is 1650 g/mol. The maximum Gasteiger partial charge on any atom is 1.00 e. The minimum absolute atomic E-state index is 0. The number of ether oxygens (including phenoxy) is 2.